The molecule has 0 aromatic carbocycles. The molecule has 1 heterocycles. The van der Waals surface area contributed by atoms with Crippen LogP contribution in [0.5, 0.6) is 0 Å². The fourth-order valence-electron chi connectivity index (χ4n) is 2.09. The van der Waals surface area contributed by atoms with Crippen molar-refractivity contribution >= 4 is 29.6 Å². The second-order valence-corrected chi connectivity index (χ2v) is 5.90. The van der Waals surface area contributed by atoms with Crippen molar-refractivity contribution in [3.05, 3.63) is 17.5 Å². The van der Waals surface area contributed by atoms with Crippen LogP contribution in [0.1, 0.15) is 55.7 Å². The monoisotopic (exact) mass is 317 g/mol. The van der Waals surface area contributed by atoms with Gasteiger partial charge in [-0.2, -0.15) is 5.10 Å². The summed E-state index contributed by atoms with van der Waals surface area (Å²) in [7, 11) is 1.75. The third-order valence-electron chi connectivity index (χ3n) is 3.46. The summed E-state index contributed by atoms with van der Waals surface area (Å²) in [6.45, 7) is 6.34. The first-order chi connectivity index (χ1) is 10.8. The molecule has 7 heteroatoms. The number of nitrogens with one attached hydrogen (secondary N) is 1. The molecule has 0 saturated heterocycles. The van der Waals surface area contributed by atoms with Crippen molar-refractivity contribution in [3.63, 3.8) is 0 Å². The maximum absolute atomic E-state index is 11.9. The Kier molecular flexibility index (Phi) is 11.5. The summed E-state index contributed by atoms with van der Waals surface area (Å²) >= 11 is 2.21. The van der Waals surface area contributed by atoms with E-state index >= 15 is 0 Å². The average Bonchev–Trinajstić information content (AvgIpc) is 2.83. The number of ketones is 1. The molecule has 0 bridgehead atoms. The number of nitrogens with zero attached hydrogens (tertiary/aromatic N) is 2. The number of carbonyl (C=O) groups is 2. The average molecular weight is 317 g/mol. The molecule has 0 aliphatic carbocycles. The van der Waals surface area contributed by atoms with Gasteiger partial charge in [-0.25, -0.2) is 4.79 Å². The van der Waals surface area contributed by atoms with Crippen LogP contribution in [0, 0.1) is 12.8 Å². The molecule has 0 aliphatic heterocycles. The van der Waals surface area contributed by atoms with Gasteiger partial charge in [0.15, 0.2) is 5.78 Å². The van der Waals surface area contributed by atoms with E-state index < -0.39 is 6.09 Å². The fourth-order valence-corrected chi connectivity index (χ4v) is 2.09. The predicted octanol–water partition coefficient (Wildman–Crippen LogP) is 2.97. The van der Waals surface area contributed by atoms with Crippen molar-refractivity contribution < 1.29 is 14.7 Å². The van der Waals surface area contributed by atoms with Crippen LogP contribution in [-0.2, 0) is 7.05 Å². The summed E-state index contributed by atoms with van der Waals surface area (Å²) in [5, 5.41) is 16.2. The van der Waals surface area contributed by atoms with Gasteiger partial charge in [0.05, 0.1) is 5.69 Å². The van der Waals surface area contributed by atoms with E-state index in [4.69, 9.17) is 5.11 Å². The summed E-state index contributed by atoms with van der Waals surface area (Å²) in [6, 6.07) is 1.77. The molecule has 126 valence electrons. The standard InChI is InChI=1S/C12H19N3O3.C4H9.Li/c1-8(7-13-12(17)18)4-5-11(16)10-6-9(2)14-15(10)3;1-3-4-2;/h6,8,13H,4-5,7H2,1-3H3,(H,17,18);1,3-4H2,2H3;. The quantitative estimate of drug-likeness (QED) is 0.570. The Hall–Kier alpha value is -1.25. The van der Waals surface area contributed by atoms with E-state index in [-0.39, 0.29) is 11.7 Å². The first-order valence-corrected chi connectivity index (χ1v) is 8.32. The summed E-state index contributed by atoms with van der Waals surface area (Å²) in [6.07, 6.45) is 2.76. The molecule has 1 amide bonds. The molecule has 0 saturated carbocycles. The maximum atomic E-state index is 11.9. The van der Waals surface area contributed by atoms with Gasteiger partial charge >= 0.3 is 48.7 Å². The molecule has 1 unspecified atom stereocenters. The van der Waals surface area contributed by atoms with Gasteiger partial charge in [0.2, 0.25) is 0 Å². The Balaban J connectivity index is 0.000000841. The van der Waals surface area contributed by atoms with Gasteiger partial charge in [0, 0.05) is 20.0 Å². The Morgan fingerprint density at radius 3 is 2.52 bits per heavy atom. The number of unbranched alkanes of at least 4 members (excludes halogenated alkanes) is 1. The molecule has 1 rings (SSSR count). The van der Waals surface area contributed by atoms with E-state index in [1.54, 1.807) is 17.8 Å². The van der Waals surface area contributed by atoms with E-state index in [9.17, 15) is 9.59 Å². The van der Waals surface area contributed by atoms with E-state index in [2.05, 4.69) is 35.1 Å². The first-order valence-electron chi connectivity index (χ1n) is 8.32. The number of carboxylic acid groups (broad SMARTS) is 1. The molecule has 0 aliphatic rings. The van der Waals surface area contributed by atoms with Crippen molar-refractivity contribution in [1.82, 2.24) is 15.1 Å². The number of aryl methyl sites for hydroxylation is 2. The van der Waals surface area contributed by atoms with E-state index in [1.165, 1.54) is 17.9 Å². The van der Waals surface area contributed by atoms with Crippen LogP contribution >= 0.6 is 0 Å². The summed E-state index contributed by atoms with van der Waals surface area (Å²) < 4.78 is 1.58. The molecule has 23 heavy (non-hydrogen) atoms. The predicted molar refractivity (Wildman–Crippen MR) is 92.2 cm³/mol. The first kappa shape index (κ1) is 21.7. The molecule has 0 fully saturated rings. The second-order valence-electron chi connectivity index (χ2n) is 5.90. The van der Waals surface area contributed by atoms with Gasteiger partial charge in [-0.05, 0) is 25.3 Å². The van der Waals surface area contributed by atoms with Gasteiger partial charge in [0.25, 0.3) is 0 Å². The Morgan fingerprint density at radius 2 is 2.13 bits per heavy atom. The van der Waals surface area contributed by atoms with Crippen molar-refractivity contribution in [3.8, 4) is 0 Å². The van der Waals surface area contributed by atoms with E-state index in [1.807, 2.05) is 13.8 Å². The summed E-state index contributed by atoms with van der Waals surface area (Å²) in [4.78, 5) is 22.2. The van der Waals surface area contributed by atoms with Crippen molar-refractivity contribution in [1.29, 1.82) is 0 Å². The van der Waals surface area contributed by atoms with Crippen LogP contribution in [-0.4, -0.2) is 51.0 Å². The van der Waals surface area contributed by atoms with Crippen LogP contribution in [0.3, 0.4) is 0 Å². The van der Waals surface area contributed by atoms with Crippen LogP contribution in [0.15, 0.2) is 6.07 Å². The molecule has 2 N–H and O–H groups in total. The minimum atomic E-state index is -1.03. The molecule has 0 spiro atoms. The number of hydrogen-bond acceptors (Lipinski definition) is 3. The van der Waals surface area contributed by atoms with Crippen molar-refractivity contribution in [2.75, 3.05) is 6.54 Å². The number of carbonyl (C=O) groups excluding carboxylic acids is 1. The Morgan fingerprint density at radius 1 is 1.48 bits per heavy atom. The van der Waals surface area contributed by atoms with Crippen molar-refractivity contribution in [2.24, 2.45) is 13.0 Å². The molecule has 1 aromatic rings. The molecule has 6 nitrogen and oxygen atoms in total. The van der Waals surface area contributed by atoms with Crippen LogP contribution in [0.25, 0.3) is 0 Å². The molecule has 1 atom stereocenters. The normalized spacial score (nSPS) is 11.4. The number of aromatic nitrogens is 2. The molecule has 1 aromatic heterocycles. The van der Waals surface area contributed by atoms with E-state index in [0.717, 1.165) is 5.69 Å². The Bertz CT molecular complexity index is 487. The molecular formula is C16H28LiN3O3. The zero-order chi connectivity index (χ0) is 17.8. The Labute approximate surface area is 148 Å². The number of amides is 1. The second kappa shape index (κ2) is 12.2. The van der Waals surface area contributed by atoms with Gasteiger partial charge in [-0.15, -0.1) is 0 Å². The summed E-state index contributed by atoms with van der Waals surface area (Å²) in [5.41, 5.74) is 1.42. The number of hydrogen-bond donors (Lipinski definition) is 2. The minimum absolute atomic E-state index is 0.0419. The third kappa shape index (κ3) is 10.2. The van der Waals surface area contributed by atoms with Crippen LogP contribution in [0.4, 0.5) is 4.79 Å². The number of Topliss-reactive ketones (excluding diaryl/α,β-unsaturated/α-hetero) is 1. The topological polar surface area (TPSA) is 84.2 Å². The van der Waals surface area contributed by atoms with Crippen LogP contribution < -0.4 is 5.32 Å². The van der Waals surface area contributed by atoms with Gasteiger partial charge in [-0.3, -0.25) is 9.48 Å². The van der Waals surface area contributed by atoms with Gasteiger partial charge < -0.3 is 10.4 Å². The fraction of sp³-hybridized carbons (Fsp3) is 0.688. The molecular weight excluding hydrogens is 289 g/mol. The summed E-state index contributed by atoms with van der Waals surface area (Å²) in [5.74, 6) is 0.180. The number of rotatable bonds is 8. The zero-order valence-corrected chi connectivity index (χ0v) is 15.1. The zero-order valence-electron chi connectivity index (χ0n) is 15.1. The third-order valence-corrected chi connectivity index (χ3v) is 3.46. The van der Waals surface area contributed by atoms with Crippen LogP contribution in [0.2, 0.25) is 5.09 Å². The molecule has 0 radical (unpaired) electrons. The van der Waals surface area contributed by atoms with Crippen molar-refractivity contribution in [2.45, 2.75) is 51.5 Å². The van der Waals surface area contributed by atoms with E-state index in [0.29, 0.717) is 25.1 Å². The van der Waals surface area contributed by atoms with Gasteiger partial charge in [-0.1, -0.05) is 6.92 Å². The SMILES string of the molecule is Cc1cc(C(=O)CCC(C)CNC(=O)O)n(C)n1.[Li][CH2]CCC. The van der Waals surface area contributed by atoms with Gasteiger partial charge in [0.1, 0.15) is 5.69 Å².